The molecule has 1 aromatic rings. The van der Waals surface area contributed by atoms with Crippen molar-refractivity contribution in [3.8, 4) is 0 Å². The standard InChI is InChI=1S/C10H16BrNOS/c1-10(2,3)9-7(5-11)14-8(12-9)6-13-4/h5-6H2,1-4H3. The van der Waals surface area contributed by atoms with E-state index in [4.69, 9.17) is 4.74 Å². The van der Waals surface area contributed by atoms with Gasteiger partial charge in [-0.25, -0.2) is 4.98 Å². The topological polar surface area (TPSA) is 22.1 Å². The molecule has 1 heterocycles. The fraction of sp³-hybridized carbons (Fsp3) is 0.700. The smallest absolute Gasteiger partial charge is 0.119 e. The first-order valence-corrected chi connectivity index (χ1v) is 6.46. The molecule has 0 N–H and O–H groups in total. The number of hydrogen-bond acceptors (Lipinski definition) is 3. The number of methoxy groups -OCH3 is 1. The van der Waals surface area contributed by atoms with Gasteiger partial charge >= 0.3 is 0 Å². The molecule has 0 saturated heterocycles. The van der Waals surface area contributed by atoms with Gasteiger partial charge in [0.25, 0.3) is 0 Å². The first-order chi connectivity index (χ1) is 6.49. The highest BCUT2D eigenvalue weighted by atomic mass is 79.9. The van der Waals surface area contributed by atoms with Crippen molar-refractivity contribution < 1.29 is 4.74 Å². The van der Waals surface area contributed by atoms with Crippen LogP contribution in [0.1, 0.15) is 36.3 Å². The highest BCUT2D eigenvalue weighted by Crippen LogP contribution is 2.31. The van der Waals surface area contributed by atoms with Gasteiger partial charge in [0.2, 0.25) is 0 Å². The van der Waals surface area contributed by atoms with Gasteiger partial charge in [0.1, 0.15) is 5.01 Å². The van der Waals surface area contributed by atoms with Crippen LogP contribution in [0.3, 0.4) is 0 Å². The lowest BCUT2D eigenvalue weighted by Gasteiger charge is -2.16. The lowest BCUT2D eigenvalue weighted by Crippen LogP contribution is -2.13. The number of aromatic nitrogens is 1. The molecule has 0 aliphatic heterocycles. The zero-order chi connectivity index (χ0) is 10.8. The molecule has 0 fully saturated rings. The highest BCUT2D eigenvalue weighted by molar-refractivity contribution is 9.08. The SMILES string of the molecule is COCc1nc(C(C)(C)C)c(CBr)s1. The van der Waals surface area contributed by atoms with E-state index in [1.165, 1.54) is 10.6 Å². The molecule has 0 amide bonds. The number of ether oxygens (including phenoxy) is 1. The molecular formula is C10H16BrNOS. The average molecular weight is 278 g/mol. The van der Waals surface area contributed by atoms with Gasteiger partial charge in [-0.05, 0) is 0 Å². The first kappa shape index (κ1) is 12.1. The molecule has 14 heavy (non-hydrogen) atoms. The minimum atomic E-state index is 0.117. The van der Waals surface area contributed by atoms with E-state index in [9.17, 15) is 0 Å². The van der Waals surface area contributed by atoms with E-state index in [2.05, 4.69) is 41.7 Å². The Morgan fingerprint density at radius 3 is 2.43 bits per heavy atom. The van der Waals surface area contributed by atoms with Crippen molar-refractivity contribution in [2.45, 2.75) is 38.1 Å². The van der Waals surface area contributed by atoms with Crippen LogP contribution in [0, 0.1) is 0 Å². The Morgan fingerprint density at radius 1 is 1.43 bits per heavy atom. The van der Waals surface area contributed by atoms with Crippen LogP contribution in [0.25, 0.3) is 0 Å². The second-order valence-electron chi connectivity index (χ2n) is 4.20. The number of halogens is 1. The second kappa shape index (κ2) is 4.73. The van der Waals surface area contributed by atoms with Crippen LogP contribution in [0.15, 0.2) is 0 Å². The van der Waals surface area contributed by atoms with E-state index in [1.807, 2.05) is 0 Å². The largest absolute Gasteiger partial charge is 0.378 e. The average Bonchev–Trinajstić information content (AvgIpc) is 2.47. The van der Waals surface area contributed by atoms with Crippen LogP contribution in [0.2, 0.25) is 0 Å². The zero-order valence-electron chi connectivity index (χ0n) is 9.06. The normalized spacial score (nSPS) is 12.1. The van der Waals surface area contributed by atoms with Crippen LogP contribution in [0.4, 0.5) is 0 Å². The van der Waals surface area contributed by atoms with Crippen LogP contribution >= 0.6 is 27.3 Å². The van der Waals surface area contributed by atoms with E-state index in [0.29, 0.717) is 6.61 Å². The summed E-state index contributed by atoms with van der Waals surface area (Å²) in [5.41, 5.74) is 1.30. The molecule has 0 aromatic carbocycles. The van der Waals surface area contributed by atoms with E-state index in [1.54, 1.807) is 18.4 Å². The van der Waals surface area contributed by atoms with Crippen LogP contribution < -0.4 is 0 Å². The molecule has 1 aromatic heterocycles. The predicted molar refractivity (Wildman–Crippen MR) is 64.2 cm³/mol. The fourth-order valence-electron chi connectivity index (χ4n) is 1.26. The third-order valence-corrected chi connectivity index (χ3v) is 3.80. The van der Waals surface area contributed by atoms with Crippen molar-refractivity contribution in [2.24, 2.45) is 0 Å². The summed E-state index contributed by atoms with van der Waals surface area (Å²) in [6.45, 7) is 7.17. The van der Waals surface area contributed by atoms with Gasteiger partial charge in [-0.15, -0.1) is 11.3 Å². The number of rotatable bonds is 3. The molecule has 0 atom stereocenters. The Labute approximate surface area is 97.8 Å². The van der Waals surface area contributed by atoms with Crippen molar-refractivity contribution in [3.05, 3.63) is 15.6 Å². The molecule has 0 radical (unpaired) electrons. The Morgan fingerprint density at radius 2 is 2.07 bits per heavy atom. The molecule has 2 nitrogen and oxygen atoms in total. The maximum Gasteiger partial charge on any atom is 0.119 e. The summed E-state index contributed by atoms with van der Waals surface area (Å²) in [6, 6.07) is 0. The van der Waals surface area contributed by atoms with Crippen molar-refractivity contribution in [1.82, 2.24) is 4.98 Å². The quantitative estimate of drug-likeness (QED) is 0.790. The summed E-state index contributed by atoms with van der Waals surface area (Å²) in [5, 5.41) is 1.94. The lowest BCUT2D eigenvalue weighted by molar-refractivity contribution is 0.184. The molecule has 4 heteroatoms. The molecule has 0 saturated carbocycles. The molecule has 0 bridgehead atoms. The monoisotopic (exact) mass is 277 g/mol. The van der Waals surface area contributed by atoms with E-state index < -0.39 is 0 Å². The van der Waals surface area contributed by atoms with Gasteiger partial charge in [0.15, 0.2) is 0 Å². The van der Waals surface area contributed by atoms with Gasteiger partial charge in [0.05, 0.1) is 12.3 Å². The summed E-state index contributed by atoms with van der Waals surface area (Å²) in [4.78, 5) is 5.92. The Balaban J connectivity index is 3.02. The molecule has 0 aliphatic rings. The number of nitrogens with zero attached hydrogens (tertiary/aromatic N) is 1. The zero-order valence-corrected chi connectivity index (χ0v) is 11.5. The van der Waals surface area contributed by atoms with E-state index in [0.717, 1.165) is 10.3 Å². The van der Waals surface area contributed by atoms with Gasteiger partial charge in [-0.1, -0.05) is 36.7 Å². The Hall–Kier alpha value is 0.0700. The number of thiazole rings is 1. The van der Waals surface area contributed by atoms with Crippen LogP contribution in [-0.2, 0) is 22.1 Å². The lowest BCUT2D eigenvalue weighted by atomic mass is 9.92. The van der Waals surface area contributed by atoms with Gasteiger partial charge in [0, 0.05) is 22.7 Å². The van der Waals surface area contributed by atoms with Gasteiger partial charge in [-0.3, -0.25) is 0 Å². The number of hydrogen-bond donors (Lipinski definition) is 0. The molecule has 0 aliphatic carbocycles. The summed E-state index contributed by atoms with van der Waals surface area (Å²) >= 11 is 5.22. The summed E-state index contributed by atoms with van der Waals surface area (Å²) in [5.74, 6) is 0. The Kier molecular flexibility index (Phi) is 4.10. The molecule has 80 valence electrons. The minimum absolute atomic E-state index is 0.117. The van der Waals surface area contributed by atoms with Crippen LogP contribution in [0.5, 0.6) is 0 Å². The van der Waals surface area contributed by atoms with Crippen LogP contribution in [-0.4, -0.2) is 12.1 Å². The molecule has 0 unspecified atom stereocenters. The van der Waals surface area contributed by atoms with E-state index >= 15 is 0 Å². The minimum Gasteiger partial charge on any atom is -0.378 e. The highest BCUT2D eigenvalue weighted by Gasteiger charge is 2.22. The maximum absolute atomic E-state index is 5.09. The van der Waals surface area contributed by atoms with Crippen molar-refractivity contribution >= 4 is 27.3 Å². The van der Waals surface area contributed by atoms with E-state index in [-0.39, 0.29) is 5.41 Å². The second-order valence-corrected chi connectivity index (χ2v) is 5.92. The first-order valence-electron chi connectivity index (χ1n) is 4.53. The Bertz CT molecular complexity index is 304. The third kappa shape index (κ3) is 2.78. The van der Waals surface area contributed by atoms with Gasteiger partial charge < -0.3 is 4.74 Å². The van der Waals surface area contributed by atoms with Crippen molar-refractivity contribution in [3.63, 3.8) is 0 Å². The third-order valence-electron chi connectivity index (χ3n) is 1.84. The summed E-state index contributed by atoms with van der Waals surface area (Å²) < 4.78 is 5.09. The summed E-state index contributed by atoms with van der Waals surface area (Å²) in [6.07, 6.45) is 0. The van der Waals surface area contributed by atoms with Crippen molar-refractivity contribution in [1.29, 1.82) is 0 Å². The summed E-state index contributed by atoms with van der Waals surface area (Å²) in [7, 11) is 1.70. The van der Waals surface area contributed by atoms with Gasteiger partial charge in [-0.2, -0.15) is 0 Å². The maximum atomic E-state index is 5.09. The molecule has 1 rings (SSSR count). The predicted octanol–water partition coefficient (Wildman–Crippen LogP) is 3.48. The molecular weight excluding hydrogens is 262 g/mol. The molecule has 0 spiro atoms. The van der Waals surface area contributed by atoms with Crippen molar-refractivity contribution in [2.75, 3.05) is 7.11 Å². The fourth-order valence-corrected chi connectivity index (χ4v) is 2.97. The number of alkyl halides is 1.